The quantitative estimate of drug-likeness (QED) is 0.884. The maximum Gasteiger partial charge on any atom is 0.265 e. The first-order valence-corrected chi connectivity index (χ1v) is 7.46. The van der Waals surface area contributed by atoms with Gasteiger partial charge in [0.05, 0.1) is 18.4 Å². The molecule has 6 heteroatoms. The number of hydrogen-bond acceptors (Lipinski definition) is 5. The summed E-state index contributed by atoms with van der Waals surface area (Å²) in [5.74, 6) is -0.179. The van der Waals surface area contributed by atoms with Crippen LogP contribution >= 0.6 is 11.3 Å². The Balaban J connectivity index is 2.25. The van der Waals surface area contributed by atoms with E-state index in [2.05, 4.69) is 0 Å². The summed E-state index contributed by atoms with van der Waals surface area (Å²) in [7, 11) is 3.16. The Kier molecular flexibility index (Phi) is 4.82. The number of carbonyl (C=O) groups is 1. The molecule has 0 aliphatic heterocycles. The SMILES string of the molecule is COCC(O)CN(C)C(=O)c1sc2ccc(C)cc2c1N. The molecule has 0 fully saturated rings. The number of methoxy groups -OCH3 is 1. The standard InChI is InChI=1S/C15H20N2O3S/c1-9-4-5-12-11(6-9)13(16)14(21-12)15(19)17(2)7-10(18)8-20-3/h4-6,10,18H,7-8,16H2,1-3H3. The Morgan fingerprint density at radius 3 is 2.90 bits per heavy atom. The van der Waals surface area contributed by atoms with Gasteiger partial charge in [0.25, 0.3) is 5.91 Å². The molecule has 2 aromatic rings. The molecule has 21 heavy (non-hydrogen) atoms. The van der Waals surface area contributed by atoms with Crippen LogP contribution in [0.5, 0.6) is 0 Å². The second kappa shape index (κ2) is 6.43. The molecule has 0 aliphatic carbocycles. The van der Waals surface area contributed by atoms with Gasteiger partial charge in [-0.15, -0.1) is 11.3 Å². The van der Waals surface area contributed by atoms with E-state index in [0.29, 0.717) is 10.6 Å². The van der Waals surface area contributed by atoms with Gasteiger partial charge >= 0.3 is 0 Å². The first kappa shape index (κ1) is 15.8. The number of ether oxygens (including phenoxy) is 1. The normalized spacial score (nSPS) is 12.6. The number of amides is 1. The van der Waals surface area contributed by atoms with E-state index in [1.165, 1.54) is 23.3 Å². The predicted octanol–water partition coefficient (Wildman–Crippen LogP) is 1.87. The zero-order valence-electron chi connectivity index (χ0n) is 12.4. The van der Waals surface area contributed by atoms with Gasteiger partial charge < -0.3 is 20.5 Å². The average molecular weight is 308 g/mol. The van der Waals surface area contributed by atoms with Crippen molar-refractivity contribution in [2.24, 2.45) is 0 Å². The van der Waals surface area contributed by atoms with Gasteiger partial charge in [0, 0.05) is 30.8 Å². The van der Waals surface area contributed by atoms with Gasteiger partial charge in [0.2, 0.25) is 0 Å². The summed E-state index contributed by atoms with van der Waals surface area (Å²) in [5.41, 5.74) is 7.73. The van der Waals surface area contributed by atoms with Crippen molar-refractivity contribution in [3.05, 3.63) is 28.6 Å². The molecule has 0 saturated heterocycles. The van der Waals surface area contributed by atoms with Gasteiger partial charge in [-0.25, -0.2) is 0 Å². The highest BCUT2D eigenvalue weighted by Crippen LogP contribution is 2.34. The number of fused-ring (bicyclic) bond motifs is 1. The molecule has 0 aliphatic rings. The molecule has 1 heterocycles. The second-order valence-electron chi connectivity index (χ2n) is 5.14. The molecule has 0 spiro atoms. The summed E-state index contributed by atoms with van der Waals surface area (Å²) in [4.78, 5) is 14.5. The highest BCUT2D eigenvalue weighted by Gasteiger charge is 2.21. The van der Waals surface area contributed by atoms with E-state index in [-0.39, 0.29) is 19.1 Å². The van der Waals surface area contributed by atoms with Crippen LogP contribution in [-0.2, 0) is 4.74 Å². The first-order chi connectivity index (χ1) is 9.93. The maximum absolute atomic E-state index is 12.5. The van der Waals surface area contributed by atoms with Gasteiger partial charge in [0.15, 0.2) is 0 Å². The van der Waals surface area contributed by atoms with Crippen LogP contribution in [0.1, 0.15) is 15.2 Å². The number of nitrogen functional groups attached to an aromatic ring is 1. The van der Waals surface area contributed by atoms with Crippen molar-refractivity contribution in [2.75, 3.05) is 33.0 Å². The number of aliphatic hydroxyl groups is 1. The van der Waals surface area contributed by atoms with Crippen molar-refractivity contribution in [3.63, 3.8) is 0 Å². The number of aryl methyl sites for hydroxylation is 1. The Bertz CT molecular complexity index is 654. The number of benzene rings is 1. The van der Waals surface area contributed by atoms with Crippen LogP contribution < -0.4 is 5.73 Å². The van der Waals surface area contributed by atoms with Gasteiger partial charge in [-0.2, -0.15) is 0 Å². The lowest BCUT2D eigenvalue weighted by Gasteiger charge is -2.20. The Labute approximate surface area is 127 Å². The van der Waals surface area contributed by atoms with Gasteiger partial charge in [-0.05, 0) is 19.1 Å². The molecule has 0 bridgehead atoms. The lowest BCUT2D eigenvalue weighted by Crippen LogP contribution is -2.36. The highest BCUT2D eigenvalue weighted by molar-refractivity contribution is 7.21. The molecule has 1 aromatic heterocycles. The van der Waals surface area contributed by atoms with Crippen molar-refractivity contribution in [3.8, 4) is 0 Å². The number of likely N-dealkylation sites (N-methyl/N-ethyl adjacent to an activating group) is 1. The third kappa shape index (κ3) is 3.34. The fourth-order valence-corrected chi connectivity index (χ4v) is 3.30. The zero-order chi connectivity index (χ0) is 15.6. The van der Waals surface area contributed by atoms with E-state index in [9.17, 15) is 9.90 Å². The number of aliphatic hydroxyl groups excluding tert-OH is 1. The topological polar surface area (TPSA) is 75.8 Å². The van der Waals surface area contributed by atoms with E-state index in [1.807, 2.05) is 25.1 Å². The number of carbonyl (C=O) groups excluding carboxylic acids is 1. The minimum absolute atomic E-state index is 0.179. The van der Waals surface area contributed by atoms with E-state index >= 15 is 0 Å². The fraction of sp³-hybridized carbons (Fsp3) is 0.400. The summed E-state index contributed by atoms with van der Waals surface area (Å²) in [5, 5.41) is 10.6. The van der Waals surface area contributed by atoms with Crippen molar-refractivity contribution in [2.45, 2.75) is 13.0 Å². The van der Waals surface area contributed by atoms with Crippen LogP contribution in [0.2, 0.25) is 0 Å². The number of nitrogens with two attached hydrogens (primary N) is 1. The van der Waals surface area contributed by atoms with Gasteiger partial charge in [-0.3, -0.25) is 4.79 Å². The molecule has 1 unspecified atom stereocenters. The molecule has 5 nitrogen and oxygen atoms in total. The third-order valence-corrected chi connectivity index (χ3v) is 4.44. The van der Waals surface area contributed by atoms with E-state index in [1.54, 1.807) is 7.05 Å². The summed E-state index contributed by atoms with van der Waals surface area (Å²) in [6, 6.07) is 5.96. The first-order valence-electron chi connectivity index (χ1n) is 6.65. The largest absolute Gasteiger partial charge is 0.397 e. The molecule has 0 radical (unpaired) electrons. The summed E-state index contributed by atoms with van der Waals surface area (Å²) in [6.45, 7) is 2.39. The van der Waals surface area contributed by atoms with E-state index < -0.39 is 6.10 Å². The smallest absolute Gasteiger partial charge is 0.265 e. The monoisotopic (exact) mass is 308 g/mol. The minimum Gasteiger partial charge on any atom is -0.397 e. The van der Waals surface area contributed by atoms with Gasteiger partial charge in [0.1, 0.15) is 4.88 Å². The van der Waals surface area contributed by atoms with Crippen molar-refractivity contribution in [1.29, 1.82) is 0 Å². The molecule has 2 rings (SSSR count). The molecule has 0 saturated carbocycles. The molecule has 1 aromatic carbocycles. The Morgan fingerprint density at radius 2 is 2.24 bits per heavy atom. The van der Waals surface area contributed by atoms with Crippen LogP contribution in [-0.4, -0.2) is 49.3 Å². The fourth-order valence-electron chi connectivity index (χ4n) is 2.21. The molecular weight excluding hydrogens is 288 g/mol. The minimum atomic E-state index is -0.707. The lowest BCUT2D eigenvalue weighted by molar-refractivity contribution is 0.0382. The third-order valence-electron chi connectivity index (χ3n) is 3.27. The molecular formula is C15H20N2O3S. The second-order valence-corrected chi connectivity index (χ2v) is 6.19. The van der Waals surface area contributed by atoms with Crippen LogP contribution in [0.4, 0.5) is 5.69 Å². The predicted molar refractivity (Wildman–Crippen MR) is 85.8 cm³/mol. The maximum atomic E-state index is 12.5. The average Bonchev–Trinajstić information content (AvgIpc) is 2.75. The van der Waals surface area contributed by atoms with Crippen molar-refractivity contribution in [1.82, 2.24) is 4.90 Å². The number of nitrogens with zero attached hydrogens (tertiary/aromatic N) is 1. The number of thiophene rings is 1. The number of hydrogen-bond donors (Lipinski definition) is 2. The van der Waals surface area contributed by atoms with Crippen LogP contribution in [0.15, 0.2) is 18.2 Å². The van der Waals surface area contributed by atoms with Crippen molar-refractivity contribution >= 4 is 33.0 Å². The summed E-state index contributed by atoms with van der Waals surface area (Å²) < 4.78 is 5.86. The Hall–Kier alpha value is -1.63. The van der Waals surface area contributed by atoms with Crippen LogP contribution in [0.3, 0.4) is 0 Å². The van der Waals surface area contributed by atoms with E-state index in [4.69, 9.17) is 10.5 Å². The number of anilines is 1. The number of rotatable bonds is 5. The van der Waals surface area contributed by atoms with Crippen LogP contribution in [0.25, 0.3) is 10.1 Å². The highest BCUT2D eigenvalue weighted by atomic mass is 32.1. The summed E-state index contributed by atoms with van der Waals surface area (Å²) in [6.07, 6.45) is -0.707. The van der Waals surface area contributed by atoms with Crippen LogP contribution in [0, 0.1) is 6.92 Å². The molecule has 1 amide bonds. The Morgan fingerprint density at radius 1 is 1.52 bits per heavy atom. The van der Waals surface area contributed by atoms with Gasteiger partial charge in [-0.1, -0.05) is 11.6 Å². The molecule has 114 valence electrons. The zero-order valence-corrected chi connectivity index (χ0v) is 13.2. The van der Waals surface area contributed by atoms with E-state index in [0.717, 1.165) is 15.6 Å². The van der Waals surface area contributed by atoms with Crippen molar-refractivity contribution < 1.29 is 14.6 Å². The lowest BCUT2D eigenvalue weighted by atomic mass is 10.1. The molecule has 1 atom stereocenters. The summed E-state index contributed by atoms with van der Waals surface area (Å²) >= 11 is 1.38. The molecule has 3 N–H and O–H groups in total.